The molecule has 3 aromatic heterocycles. The van der Waals surface area contributed by atoms with Gasteiger partial charge in [-0.3, -0.25) is 9.78 Å². The van der Waals surface area contributed by atoms with E-state index in [9.17, 15) is 4.79 Å². The number of pyridine rings is 2. The Morgan fingerprint density at radius 2 is 1.89 bits per heavy atom. The largest absolute Gasteiger partial charge is 0.493 e. The first-order valence-electron chi connectivity index (χ1n) is 8.39. The number of ether oxygens (including phenoxy) is 2. The van der Waals surface area contributed by atoms with Crippen LogP contribution in [0.25, 0.3) is 21.3 Å². The van der Waals surface area contributed by atoms with Crippen molar-refractivity contribution in [2.24, 2.45) is 0 Å². The molecule has 1 N–H and O–H groups in total. The molecule has 0 spiro atoms. The van der Waals surface area contributed by atoms with Crippen molar-refractivity contribution < 1.29 is 14.3 Å². The third-order valence-electron chi connectivity index (χ3n) is 4.20. The highest BCUT2D eigenvalue weighted by Crippen LogP contribution is 2.34. The summed E-state index contributed by atoms with van der Waals surface area (Å²) in [4.78, 5) is 21.6. The Hall–Kier alpha value is -3.52. The molecule has 3 heterocycles. The number of anilines is 1. The van der Waals surface area contributed by atoms with E-state index in [2.05, 4.69) is 19.7 Å². The van der Waals surface area contributed by atoms with E-state index in [0.717, 1.165) is 21.3 Å². The van der Waals surface area contributed by atoms with Gasteiger partial charge in [-0.1, -0.05) is 6.07 Å². The van der Waals surface area contributed by atoms with Gasteiger partial charge in [-0.2, -0.15) is 4.37 Å². The second-order valence-corrected chi connectivity index (χ2v) is 6.63. The predicted molar refractivity (Wildman–Crippen MR) is 108 cm³/mol. The van der Waals surface area contributed by atoms with Gasteiger partial charge in [-0.25, -0.2) is 4.98 Å². The van der Waals surface area contributed by atoms with Crippen molar-refractivity contribution in [2.75, 3.05) is 19.5 Å². The Balaban J connectivity index is 1.69. The lowest BCUT2D eigenvalue weighted by molar-refractivity contribution is 0.102. The molecule has 0 aliphatic carbocycles. The van der Waals surface area contributed by atoms with Gasteiger partial charge in [-0.15, -0.1) is 0 Å². The van der Waals surface area contributed by atoms with Gasteiger partial charge in [0.2, 0.25) is 0 Å². The summed E-state index contributed by atoms with van der Waals surface area (Å²) in [5, 5.41) is 3.61. The first-order valence-corrected chi connectivity index (χ1v) is 9.16. The summed E-state index contributed by atoms with van der Waals surface area (Å²) >= 11 is 1.23. The average molecular weight is 392 g/mol. The molecule has 1 amide bonds. The summed E-state index contributed by atoms with van der Waals surface area (Å²) < 4.78 is 15.0. The fourth-order valence-electron chi connectivity index (χ4n) is 2.77. The molecule has 4 rings (SSSR count). The highest BCUT2D eigenvalue weighted by molar-refractivity contribution is 7.13. The Morgan fingerprint density at radius 3 is 2.64 bits per heavy atom. The number of benzene rings is 1. The van der Waals surface area contributed by atoms with Gasteiger partial charge in [-0.05, 0) is 47.4 Å². The molecule has 28 heavy (non-hydrogen) atoms. The van der Waals surface area contributed by atoms with Gasteiger partial charge in [0.25, 0.3) is 5.91 Å². The summed E-state index contributed by atoms with van der Waals surface area (Å²) in [5.41, 5.74) is 2.26. The van der Waals surface area contributed by atoms with Gasteiger partial charge in [0, 0.05) is 24.2 Å². The van der Waals surface area contributed by atoms with Gasteiger partial charge in [0.15, 0.2) is 17.3 Å². The number of fused-ring (bicyclic) bond motifs is 1. The molecule has 0 saturated heterocycles. The number of aromatic nitrogens is 3. The summed E-state index contributed by atoms with van der Waals surface area (Å²) in [7, 11) is 3.19. The number of amides is 1. The molecule has 0 atom stereocenters. The highest BCUT2D eigenvalue weighted by atomic mass is 32.1. The van der Waals surface area contributed by atoms with Crippen LogP contribution in [0.3, 0.4) is 0 Å². The number of methoxy groups -OCH3 is 2. The van der Waals surface area contributed by atoms with Crippen LogP contribution in [-0.4, -0.2) is 34.5 Å². The molecule has 0 aliphatic heterocycles. The molecular formula is C20H16N4O3S. The maximum atomic E-state index is 12.4. The fraction of sp³-hybridized carbons (Fsp3) is 0.100. The molecule has 0 radical (unpaired) electrons. The highest BCUT2D eigenvalue weighted by Gasteiger charge is 2.14. The van der Waals surface area contributed by atoms with Crippen molar-refractivity contribution in [3.8, 4) is 22.6 Å². The van der Waals surface area contributed by atoms with E-state index >= 15 is 0 Å². The van der Waals surface area contributed by atoms with Gasteiger partial charge < -0.3 is 14.8 Å². The molecule has 0 saturated carbocycles. The Labute approximate surface area is 165 Å². The Morgan fingerprint density at radius 1 is 1.04 bits per heavy atom. The summed E-state index contributed by atoms with van der Waals surface area (Å²) in [5.74, 6) is 1.50. The van der Waals surface area contributed by atoms with Crippen LogP contribution in [0.4, 0.5) is 5.82 Å². The first-order chi connectivity index (χ1) is 13.7. The molecule has 0 bridgehead atoms. The van der Waals surface area contributed by atoms with Crippen molar-refractivity contribution in [1.29, 1.82) is 0 Å². The number of hydrogen-bond acceptors (Lipinski definition) is 7. The Kier molecular flexibility index (Phi) is 4.86. The van der Waals surface area contributed by atoms with E-state index in [1.54, 1.807) is 38.7 Å². The second-order valence-electron chi connectivity index (χ2n) is 5.87. The Bertz CT molecular complexity index is 1140. The molecule has 0 fully saturated rings. The minimum absolute atomic E-state index is 0.267. The molecule has 0 unspecified atom stereocenters. The van der Waals surface area contributed by atoms with Crippen LogP contribution in [0.2, 0.25) is 0 Å². The summed E-state index contributed by atoms with van der Waals surface area (Å²) in [6.07, 6.45) is 4.90. The third-order valence-corrected chi connectivity index (χ3v) is 4.97. The molecule has 1 aromatic carbocycles. The quantitative estimate of drug-likeness (QED) is 0.552. The maximum absolute atomic E-state index is 12.4. The van der Waals surface area contributed by atoms with Crippen LogP contribution in [0.1, 0.15) is 10.4 Å². The van der Waals surface area contributed by atoms with E-state index in [-0.39, 0.29) is 5.91 Å². The molecule has 4 aromatic rings. The monoisotopic (exact) mass is 392 g/mol. The van der Waals surface area contributed by atoms with E-state index in [1.807, 2.05) is 24.3 Å². The SMILES string of the molecule is COc1ccc(-c2cnc3snc(NC(=O)c4cccnc4)c3c2)cc1OC. The van der Waals surface area contributed by atoms with Crippen LogP contribution in [0.5, 0.6) is 11.5 Å². The number of nitrogens with zero attached hydrogens (tertiary/aromatic N) is 3. The number of carbonyl (C=O) groups excluding carboxylic acids is 1. The number of rotatable bonds is 5. The molecule has 140 valence electrons. The van der Waals surface area contributed by atoms with Crippen molar-refractivity contribution >= 4 is 33.5 Å². The molecule has 8 heteroatoms. The van der Waals surface area contributed by atoms with Crippen LogP contribution in [-0.2, 0) is 0 Å². The lowest BCUT2D eigenvalue weighted by Crippen LogP contribution is -2.12. The number of carbonyl (C=O) groups is 1. The molecule has 7 nitrogen and oxygen atoms in total. The summed E-state index contributed by atoms with van der Waals surface area (Å²) in [6.45, 7) is 0. The zero-order valence-electron chi connectivity index (χ0n) is 15.2. The minimum atomic E-state index is -0.267. The molecule has 0 aliphatic rings. The summed E-state index contributed by atoms with van der Waals surface area (Å²) in [6, 6.07) is 11.0. The van der Waals surface area contributed by atoms with Gasteiger partial charge in [0.1, 0.15) is 4.83 Å². The normalized spacial score (nSPS) is 10.6. The predicted octanol–water partition coefficient (Wildman–Crippen LogP) is 4.02. The zero-order chi connectivity index (χ0) is 19.5. The topological polar surface area (TPSA) is 86.2 Å². The van der Waals surface area contributed by atoms with Crippen LogP contribution >= 0.6 is 11.5 Å². The van der Waals surface area contributed by atoms with E-state index < -0.39 is 0 Å². The smallest absolute Gasteiger partial charge is 0.258 e. The molecular weight excluding hydrogens is 376 g/mol. The van der Waals surface area contributed by atoms with E-state index in [0.29, 0.717) is 22.9 Å². The van der Waals surface area contributed by atoms with Crippen LogP contribution in [0.15, 0.2) is 55.0 Å². The average Bonchev–Trinajstić information content (AvgIpc) is 3.15. The lowest BCUT2D eigenvalue weighted by Gasteiger charge is -2.09. The fourth-order valence-corrected chi connectivity index (χ4v) is 3.45. The first kappa shape index (κ1) is 17.9. The minimum Gasteiger partial charge on any atom is -0.493 e. The second kappa shape index (κ2) is 7.61. The van der Waals surface area contributed by atoms with Crippen molar-refractivity contribution in [3.05, 3.63) is 60.6 Å². The van der Waals surface area contributed by atoms with Gasteiger partial charge in [0.05, 0.1) is 25.2 Å². The van der Waals surface area contributed by atoms with E-state index in [1.165, 1.54) is 17.7 Å². The number of nitrogens with one attached hydrogen (secondary N) is 1. The van der Waals surface area contributed by atoms with Crippen LogP contribution < -0.4 is 14.8 Å². The zero-order valence-corrected chi connectivity index (χ0v) is 16.0. The van der Waals surface area contributed by atoms with Crippen molar-refractivity contribution in [3.63, 3.8) is 0 Å². The van der Waals surface area contributed by atoms with Crippen LogP contribution in [0, 0.1) is 0 Å². The third kappa shape index (κ3) is 3.37. The maximum Gasteiger partial charge on any atom is 0.258 e. The lowest BCUT2D eigenvalue weighted by atomic mass is 10.1. The standard InChI is InChI=1S/C20H16N4O3S/c1-26-16-6-5-12(9-17(16)27-2)14-8-15-18(24-28-20(15)22-11-14)23-19(25)13-4-3-7-21-10-13/h3-11H,1-2H3,(H,23,24,25). The number of hydrogen-bond donors (Lipinski definition) is 1. The van der Waals surface area contributed by atoms with Crippen molar-refractivity contribution in [1.82, 2.24) is 14.3 Å². The van der Waals surface area contributed by atoms with Crippen molar-refractivity contribution in [2.45, 2.75) is 0 Å². The van der Waals surface area contributed by atoms with E-state index in [4.69, 9.17) is 9.47 Å². The van der Waals surface area contributed by atoms with Gasteiger partial charge >= 0.3 is 0 Å².